The van der Waals surface area contributed by atoms with Crippen LogP contribution in [-0.2, 0) is 32.1 Å². The van der Waals surface area contributed by atoms with Crippen LogP contribution in [0.2, 0.25) is 0 Å². The van der Waals surface area contributed by atoms with Crippen LogP contribution < -0.4 is 21.3 Å². The Balaban J connectivity index is 1.47. The van der Waals surface area contributed by atoms with Crippen LogP contribution in [0.25, 0.3) is 0 Å². The standard InChI is InChI=1S/C33H39N7O5/c1-33(2,40-30(43)27(23-13-7-4-8-14-23)39-29(42)26-21-34-17-18-36-26)32(45)38-25(19-22-11-5-3-6-12-22)28(41)31(44)37-20-24-15-9-10-16-35-24/h3,5-6,9-12,15-18,21,23,25,27H,4,7-8,13-14,19-20H2,1-2H3,(H,37,44)(H,38,45)(H,39,42)(H,40,43)/t25-,27+/m1/s1. The van der Waals surface area contributed by atoms with Gasteiger partial charge in [0.1, 0.15) is 23.3 Å². The van der Waals surface area contributed by atoms with Crippen LogP contribution in [0.15, 0.2) is 73.3 Å². The maximum Gasteiger partial charge on any atom is 0.289 e. The molecule has 4 N–H and O–H groups in total. The molecule has 0 saturated heterocycles. The number of benzene rings is 1. The van der Waals surface area contributed by atoms with E-state index in [1.807, 2.05) is 6.07 Å². The monoisotopic (exact) mass is 613 g/mol. The molecule has 0 radical (unpaired) electrons. The minimum atomic E-state index is -1.50. The largest absolute Gasteiger partial charge is 0.344 e. The smallest absolute Gasteiger partial charge is 0.289 e. The average Bonchev–Trinajstić information content (AvgIpc) is 3.06. The van der Waals surface area contributed by atoms with Crippen molar-refractivity contribution in [1.82, 2.24) is 36.2 Å². The maximum absolute atomic E-state index is 13.7. The van der Waals surface area contributed by atoms with Gasteiger partial charge in [-0.25, -0.2) is 4.98 Å². The van der Waals surface area contributed by atoms with E-state index in [0.29, 0.717) is 5.69 Å². The summed E-state index contributed by atoms with van der Waals surface area (Å²) in [6.07, 6.45) is 10.2. The number of hydrogen-bond acceptors (Lipinski definition) is 8. The number of ketones is 1. The van der Waals surface area contributed by atoms with E-state index in [1.165, 1.54) is 32.4 Å². The summed E-state index contributed by atoms with van der Waals surface area (Å²) in [4.78, 5) is 78.6. The summed E-state index contributed by atoms with van der Waals surface area (Å²) in [6.45, 7) is 3.06. The molecule has 2 heterocycles. The van der Waals surface area contributed by atoms with Gasteiger partial charge in [0.15, 0.2) is 0 Å². The van der Waals surface area contributed by atoms with Crippen molar-refractivity contribution in [3.8, 4) is 0 Å². The van der Waals surface area contributed by atoms with Gasteiger partial charge in [0.25, 0.3) is 11.8 Å². The van der Waals surface area contributed by atoms with Crippen LogP contribution in [0, 0.1) is 5.92 Å². The first kappa shape index (κ1) is 32.9. The fourth-order valence-electron chi connectivity index (χ4n) is 5.26. The van der Waals surface area contributed by atoms with E-state index in [-0.39, 0.29) is 24.6 Å². The first-order chi connectivity index (χ1) is 21.6. The Labute approximate surface area is 262 Å². The number of aromatic nitrogens is 3. The summed E-state index contributed by atoms with van der Waals surface area (Å²) < 4.78 is 0. The van der Waals surface area contributed by atoms with Crippen molar-refractivity contribution in [2.45, 2.75) is 76.5 Å². The summed E-state index contributed by atoms with van der Waals surface area (Å²) in [5.41, 5.74) is -0.114. The van der Waals surface area contributed by atoms with Crippen LogP contribution in [-0.4, -0.2) is 62.0 Å². The van der Waals surface area contributed by atoms with Crippen LogP contribution in [0.5, 0.6) is 0 Å². The number of carbonyl (C=O) groups is 5. The van der Waals surface area contributed by atoms with Gasteiger partial charge in [0.05, 0.1) is 18.4 Å². The molecule has 0 bridgehead atoms. The van der Waals surface area contributed by atoms with Crippen molar-refractivity contribution < 1.29 is 24.0 Å². The molecule has 4 rings (SSSR count). The van der Waals surface area contributed by atoms with Gasteiger partial charge in [-0.1, -0.05) is 55.7 Å². The Morgan fingerprint density at radius 3 is 2.27 bits per heavy atom. The second-order valence-electron chi connectivity index (χ2n) is 11.6. The number of carbonyl (C=O) groups excluding carboxylic acids is 5. The Kier molecular flexibility index (Phi) is 11.4. The predicted molar refractivity (Wildman–Crippen MR) is 165 cm³/mol. The molecular weight excluding hydrogens is 574 g/mol. The molecule has 1 aliphatic carbocycles. The predicted octanol–water partition coefficient (Wildman–Crippen LogP) is 2.06. The average molecular weight is 614 g/mol. The van der Waals surface area contributed by atoms with E-state index >= 15 is 0 Å². The second kappa shape index (κ2) is 15.6. The zero-order chi connectivity index (χ0) is 32.2. The quantitative estimate of drug-likeness (QED) is 0.212. The van der Waals surface area contributed by atoms with Gasteiger partial charge in [-0.2, -0.15) is 0 Å². The number of amides is 4. The summed E-state index contributed by atoms with van der Waals surface area (Å²) >= 11 is 0. The first-order valence-electron chi connectivity index (χ1n) is 15.1. The lowest BCUT2D eigenvalue weighted by molar-refractivity contribution is -0.141. The summed E-state index contributed by atoms with van der Waals surface area (Å²) in [6, 6.07) is 12.1. The van der Waals surface area contributed by atoms with Crippen LogP contribution in [0.3, 0.4) is 0 Å². The molecule has 1 fully saturated rings. The Bertz CT molecular complexity index is 1460. The van der Waals surface area contributed by atoms with Gasteiger partial charge >= 0.3 is 0 Å². The van der Waals surface area contributed by atoms with Crippen molar-refractivity contribution in [1.29, 1.82) is 0 Å². The molecule has 4 amide bonds. The molecule has 12 heteroatoms. The van der Waals surface area contributed by atoms with E-state index < -0.39 is 47.0 Å². The van der Waals surface area contributed by atoms with Gasteiger partial charge in [0, 0.05) is 25.0 Å². The summed E-state index contributed by atoms with van der Waals surface area (Å²) in [5, 5.41) is 10.8. The molecule has 2 atom stereocenters. The lowest BCUT2D eigenvalue weighted by Crippen LogP contribution is -2.62. The van der Waals surface area contributed by atoms with E-state index in [9.17, 15) is 24.0 Å². The number of nitrogens with one attached hydrogen (secondary N) is 4. The lowest BCUT2D eigenvalue weighted by atomic mass is 9.83. The topological polar surface area (TPSA) is 172 Å². The number of Topliss-reactive ketones (excluding diaryl/α,β-unsaturated/α-hetero) is 1. The van der Waals surface area contributed by atoms with E-state index in [0.717, 1.165) is 37.7 Å². The zero-order valence-corrected chi connectivity index (χ0v) is 25.5. The number of hydrogen-bond donors (Lipinski definition) is 4. The molecule has 12 nitrogen and oxygen atoms in total. The van der Waals surface area contributed by atoms with Crippen molar-refractivity contribution >= 4 is 29.4 Å². The van der Waals surface area contributed by atoms with E-state index in [1.54, 1.807) is 48.7 Å². The van der Waals surface area contributed by atoms with Gasteiger partial charge in [-0.3, -0.25) is 33.9 Å². The van der Waals surface area contributed by atoms with E-state index in [2.05, 4.69) is 36.2 Å². The highest BCUT2D eigenvalue weighted by Gasteiger charge is 2.38. The zero-order valence-electron chi connectivity index (χ0n) is 25.5. The third kappa shape index (κ3) is 9.49. The Morgan fingerprint density at radius 1 is 0.867 bits per heavy atom. The van der Waals surface area contributed by atoms with Gasteiger partial charge in [-0.05, 0) is 50.3 Å². The van der Waals surface area contributed by atoms with Crippen LogP contribution in [0.4, 0.5) is 0 Å². The SMILES string of the molecule is CC(C)(NC(=O)[C@@H](NC(=O)c1cnccn1)C1CCCCC1)C(=O)N[C@H](Cc1ccccc1)C(=O)C(=O)NCc1ccccn1. The third-order valence-electron chi connectivity index (χ3n) is 7.77. The highest BCUT2D eigenvalue weighted by Crippen LogP contribution is 2.27. The second-order valence-corrected chi connectivity index (χ2v) is 11.6. The van der Waals surface area contributed by atoms with Gasteiger partial charge < -0.3 is 21.3 Å². The third-order valence-corrected chi connectivity index (χ3v) is 7.77. The Hall–Kier alpha value is -5.00. The highest BCUT2D eigenvalue weighted by atomic mass is 16.2. The molecule has 1 aromatic carbocycles. The molecule has 1 aliphatic rings. The minimum absolute atomic E-state index is 0.0435. The molecule has 0 aliphatic heterocycles. The van der Waals surface area contributed by atoms with Crippen molar-refractivity contribution in [3.05, 3.63) is 90.3 Å². The molecular formula is C33H39N7O5. The van der Waals surface area contributed by atoms with Gasteiger partial charge in [-0.15, -0.1) is 0 Å². The van der Waals surface area contributed by atoms with Crippen LogP contribution in [0.1, 0.15) is 67.7 Å². The fraction of sp³-hybridized carbons (Fsp3) is 0.394. The molecule has 0 spiro atoms. The van der Waals surface area contributed by atoms with Crippen molar-refractivity contribution in [2.75, 3.05) is 0 Å². The molecule has 45 heavy (non-hydrogen) atoms. The normalized spacial score (nSPS) is 14.8. The molecule has 236 valence electrons. The number of pyridine rings is 1. The van der Waals surface area contributed by atoms with Crippen molar-refractivity contribution in [3.63, 3.8) is 0 Å². The first-order valence-corrected chi connectivity index (χ1v) is 15.1. The van der Waals surface area contributed by atoms with Crippen molar-refractivity contribution in [2.24, 2.45) is 5.92 Å². The number of nitrogens with zero attached hydrogens (tertiary/aromatic N) is 3. The molecule has 0 unspecified atom stereocenters. The summed E-state index contributed by atoms with van der Waals surface area (Å²) in [5.74, 6) is -3.56. The minimum Gasteiger partial charge on any atom is -0.344 e. The van der Waals surface area contributed by atoms with Gasteiger partial charge in [0.2, 0.25) is 17.6 Å². The highest BCUT2D eigenvalue weighted by molar-refractivity contribution is 6.38. The Morgan fingerprint density at radius 2 is 1.60 bits per heavy atom. The number of rotatable bonds is 13. The molecule has 2 aromatic heterocycles. The lowest BCUT2D eigenvalue weighted by Gasteiger charge is -2.34. The maximum atomic E-state index is 13.7. The summed E-state index contributed by atoms with van der Waals surface area (Å²) in [7, 11) is 0. The molecule has 1 saturated carbocycles. The van der Waals surface area contributed by atoms with Crippen LogP contribution >= 0.6 is 0 Å². The molecule has 3 aromatic rings. The van der Waals surface area contributed by atoms with E-state index in [4.69, 9.17) is 0 Å². The fourth-order valence-corrected chi connectivity index (χ4v) is 5.26.